The zero-order valence-electron chi connectivity index (χ0n) is 7.48. The molecule has 0 heterocycles. The first-order valence-corrected chi connectivity index (χ1v) is 5.75. The van der Waals surface area contributed by atoms with Gasteiger partial charge in [0, 0.05) is 5.33 Å². The van der Waals surface area contributed by atoms with Crippen molar-refractivity contribution in [3.05, 3.63) is 12.2 Å². The van der Waals surface area contributed by atoms with Gasteiger partial charge in [-0.05, 0) is 25.7 Å². The third kappa shape index (κ3) is 10.2. The van der Waals surface area contributed by atoms with Crippen LogP contribution in [-0.4, -0.2) is 5.33 Å². The van der Waals surface area contributed by atoms with E-state index in [-0.39, 0.29) is 0 Å². The lowest BCUT2D eigenvalue weighted by Gasteiger charge is -1.91. The van der Waals surface area contributed by atoms with Crippen LogP contribution >= 0.6 is 15.9 Å². The summed E-state index contributed by atoms with van der Waals surface area (Å²) in [5.41, 5.74) is 0. The van der Waals surface area contributed by atoms with Crippen LogP contribution in [-0.2, 0) is 0 Å². The van der Waals surface area contributed by atoms with Crippen molar-refractivity contribution in [3.8, 4) is 0 Å². The van der Waals surface area contributed by atoms with E-state index in [0.717, 1.165) is 5.33 Å². The maximum atomic E-state index is 3.41. The molecule has 0 unspecified atom stereocenters. The van der Waals surface area contributed by atoms with Gasteiger partial charge in [-0.15, -0.1) is 0 Å². The van der Waals surface area contributed by atoms with Crippen molar-refractivity contribution >= 4 is 15.9 Å². The fraction of sp³-hybridized carbons (Fsp3) is 0.800. The van der Waals surface area contributed by atoms with Crippen molar-refractivity contribution < 1.29 is 0 Å². The highest BCUT2D eigenvalue weighted by atomic mass is 79.9. The summed E-state index contributed by atoms with van der Waals surface area (Å²) in [6, 6.07) is 0. The van der Waals surface area contributed by atoms with Crippen molar-refractivity contribution in [2.75, 3.05) is 5.33 Å². The van der Waals surface area contributed by atoms with Crippen molar-refractivity contribution in [2.45, 2.75) is 45.4 Å². The molecule has 0 saturated heterocycles. The molecule has 0 bridgehead atoms. The molecule has 11 heavy (non-hydrogen) atoms. The van der Waals surface area contributed by atoms with Gasteiger partial charge in [0.25, 0.3) is 0 Å². The molecular formula is C10H19Br. The van der Waals surface area contributed by atoms with Gasteiger partial charge in [0.05, 0.1) is 0 Å². The smallest absolute Gasteiger partial charge is 0.00342 e. The average Bonchev–Trinajstić information content (AvgIpc) is 2.03. The topological polar surface area (TPSA) is 0 Å². The first kappa shape index (κ1) is 11.2. The van der Waals surface area contributed by atoms with E-state index < -0.39 is 0 Å². The average molecular weight is 219 g/mol. The normalized spacial score (nSPS) is 11.1. The minimum Gasteiger partial charge on any atom is -0.0928 e. The molecule has 0 aliphatic carbocycles. The molecule has 0 atom stereocenters. The van der Waals surface area contributed by atoms with Crippen LogP contribution in [0.5, 0.6) is 0 Å². The zero-order valence-corrected chi connectivity index (χ0v) is 9.07. The first-order chi connectivity index (χ1) is 5.41. The number of allylic oxidation sites excluding steroid dienone is 2. The van der Waals surface area contributed by atoms with E-state index in [2.05, 4.69) is 35.0 Å². The molecule has 1 heteroatoms. The Balaban J connectivity index is 2.91. The molecule has 0 aromatic heterocycles. The Labute approximate surface area is 79.2 Å². The molecule has 0 rings (SSSR count). The fourth-order valence-corrected chi connectivity index (χ4v) is 1.27. The minimum absolute atomic E-state index is 1.13. The Morgan fingerprint density at radius 2 is 1.64 bits per heavy atom. The number of unbranched alkanes of at least 4 members (excludes halogenated alkanes) is 4. The SMILES string of the molecule is CCCCCC=CCCCBr. The van der Waals surface area contributed by atoms with Crippen LogP contribution in [0.25, 0.3) is 0 Å². The predicted octanol–water partition coefficient (Wildman–Crippen LogP) is 4.30. The van der Waals surface area contributed by atoms with Crippen molar-refractivity contribution in [2.24, 2.45) is 0 Å². The standard InChI is InChI=1S/C10H19Br/c1-2-3-4-5-6-7-8-9-10-11/h6-7H,2-5,8-10H2,1H3. The van der Waals surface area contributed by atoms with Gasteiger partial charge in [0.15, 0.2) is 0 Å². The third-order valence-corrected chi connectivity index (χ3v) is 2.21. The summed E-state index contributed by atoms with van der Waals surface area (Å²) in [4.78, 5) is 0. The van der Waals surface area contributed by atoms with Crippen molar-refractivity contribution in [1.29, 1.82) is 0 Å². The Bertz CT molecular complexity index is 86.9. The molecule has 0 saturated carbocycles. The van der Waals surface area contributed by atoms with E-state index in [4.69, 9.17) is 0 Å². The van der Waals surface area contributed by atoms with Crippen LogP contribution < -0.4 is 0 Å². The fourth-order valence-electron chi connectivity index (χ4n) is 0.943. The van der Waals surface area contributed by atoms with Crippen LogP contribution in [0, 0.1) is 0 Å². The van der Waals surface area contributed by atoms with Gasteiger partial charge in [-0.2, -0.15) is 0 Å². The van der Waals surface area contributed by atoms with Crippen LogP contribution in [0.3, 0.4) is 0 Å². The maximum Gasteiger partial charge on any atom is 0.00342 e. The quantitative estimate of drug-likeness (QED) is 0.340. The molecule has 0 spiro atoms. The van der Waals surface area contributed by atoms with E-state index in [1.54, 1.807) is 0 Å². The number of halogens is 1. The maximum absolute atomic E-state index is 3.41. The summed E-state index contributed by atoms with van der Waals surface area (Å²) in [5, 5.41) is 1.13. The summed E-state index contributed by atoms with van der Waals surface area (Å²) < 4.78 is 0. The van der Waals surface area contributed by atoms with Gasteiger partial charge in [-0.1, -0.05) is 47.8 Å². The molecule has 0 nitrogen and oxygen atoms in total. The number of hydrogen-bond acceptors (Lipinski definition) is 0. The Morgan fingerprint density at radius 3 is 2.18 bits per heavy atom. The molecule has 0 radical (unpaired) electrons. The van der Waals surface area contributed by atoms with Gasteiger partial charge in [0.1, 0.15) is 0 Å². The molecule has 66 valence electrons. The molecular weight excluding hydrogens is 200 g/mol. The minimum atomic E-state index is 1.13. The lowest BCUT2D eigenvalue weighted by atomic mass is 10.2. The summed E-state index contributed by atoms with van der Waals surface area (Å²) in [5.74, 6) is 0. The van der Waals surface area contributed by atoms with Gasteiger partial charge in [-0.3, -0.25) is 0 Å². The van der Waals surface area contributed by atoms with Crippen LogP contribution in [0.2, 0.25) is 0 Å². The number of rotatable bonds is 7. The van der Waals surface area contributed by atoms with E-state index in [0.29, 0.717) is 0 Å². The van der Waals surface area contributed by atoms with E-state index in [1.807, 2.05) is 0 Å². The zero-order chi connectivity index (χ0) is 8.36. The van der Waals surface area contributed by atoms with E-state index >= 15 is 0 Å². The van der Waals surface area contributed by atoms with Crippen molar-refractivity contribution in [3.63, 3.8) is 0 Å². The molecule has 0 N–H and O–H groups in total. The van der Waals surface area contributed by atoms with Gasteiger partial charge in [0.2, 0.25) is 0 Å². The van der Waals surface area contributed by atoms with Gasteiger partial charge < -0.3 is 0 Å². The third-order valence-electron chi connectivity index (χ3n) is 1.65. The highest BCUT2D eigenvalue weighted by Gasteiger charge is 1.81. The van der Waals surface area contributed by atoms with Gasteiger partial charge >= 0.3 is 0 Å². The lowest BCUT2D eigenvalue weighted by molar-refractivity contribution is 0.727. The van der Waals surface area contributed by atoms with Crippen LogP contribution in [0.1, 0.15) is 45.4 Å². The Morgan fingerprint density at radius 1 is 1.00 bits per heavy atom. The summed E-state index contributed by atoms with van der Waals surface area (Å²) >= 11 is 3.41. The molecule has 0 amide bonds. The highest BCUT2D eigenvalue weighted by Crippen LogP contribution is 2.01. The molecule has 0 fully saturated rings. The van der Waals surface area contributed by atoms with Crippen LogP contribution in [0.4, 0.5) is 0 Å². The summed E-state index contributed by atoms with van der Waals surface area (Å²) in [6.45, 7) is 2.24. The number of alkyl halides is 1. The van der Waals surface area contributed by atoms with E-state index in [1.165, 1.54) is 38.5 Å². The largest absolute Gasteiger partial charge is 0.0928 e. The summed E-state index contributed by atoms with van der Waals surface area (Å²) in [6.07, 6.45) is 12.5. The molecule has 0 aromatic carbocycles. The highest BCUT2D eigenvalue weighted by molar-refractivity contribution is 9.09. The monoisotopic (exact) mass is 218 g/mol. The van der Waals surface area contributed by atoms with Gasteiger partial charge in [-0.25, -0.2) is 0 Å². The lowest BCUT2D eigenvalue weighted by Crippen LogP contribution is -1.72. The first-order valence-electron chi connectivity index (χ1n) is 4.62. The second-order valence-corrected chi connectivity index (χ2v) is 3.59. The van der Waals surface area contributed by atoms with E-state index in [9.17, 15) is 0 Å². The molecule has 0 aliphatic rings. The predicted molar refractivity (Wildman–Crippen MR) is 56.3 cm³/mol. The number of hydrogen-bond donors (Lipinski definition) is 0. The Kier molecular flexibility index (Phi) is 10.4. The summed E-state index contributed by atoms with van der Waals surface area (Å²) in [7, 11) is 0. The van der Waals surface area contributed by atoms with Crippen molar-refractivity contribution in [1.82, 2.24) is 0 Å². The second-order valence-electron chi connectivity index (χ2n) is 2.80. The Hall–Kier alpha value is 0.220. The second kappa shape index (κ2) is 10.2. The molecule has 0 aliphatic heterocycles. The van der Waals surface area contributed by atoms with Crippen LogP contribution in [0.15, 0.2) is 12.2 Å². The molecule has 0 aromatic rings.